The van der Waals surface area contributed by atoms with E-state index in [4.69, 9.17) is 4.74 Å². The van der Waals surface area contributed by atoms with Crippen LogP contribution in [-0.4, -0.2) is 37.5 Å². The summed E-state index contributed by atoms with van der Waals surface area (Å²) in [6, 6.07) is 4.49. The van der Waals surface area contributed by atoms with E-state index in [1.165, 1.54) is 13.2 Å². The molecule has 0 saturated carbocycles. The average molecular weight is 296 g/mol. The zero-order chi connectivity index (χ0) is 15.2. The highest BCUT2D eigenvalue weighted by atomic mass is 19.1. The third kappa shape index (κ3) is 4.15. The summed E-state index contributed by atoms with van der Waals surface area (Å²) >= 11 is 0. The first kappa shape index (κ1) is 15.7. The third-order valence-corrected chi connectivity index (χ3v) is 3.64. The number of hydrogen-bond acceptors (Lipinski definition) is 3. The van der Waals surface area contributed by atoms with E-state index in [1.807, 2.05) is 6.07 Å². The molecule has 0 fully saturated rings. The molecule has 1 aromatic rings. The van der Waals surface area contributed by atoms with Crippen LogP contribution in [0.5, 0.6) is 0 Å². The van der Waals surface area contributed by atoms with Crippen molar-refractivity contribution in [2.24, 2.45) is 0 Å². The topological polar surface area (TPSA) is 70.6 Å². The number of benzene rings is 1. The fourth-order valence-electron chi connectivity index (χ4n) is 2.60. The molecule has 0 saturated heterocycles. The highest BCUT2D eigenvalue weighted by Gasteiger charge is 2.25. The first-order valence-corrected chi connectivity index (χ1v) is 7.10. The van der Waals surface area contributed by atoms with Crippen LogP contribution < -0.4 is 10.6 Å². The molecule has 2 rings (SSSR count). The van der Waals surface area contributed by atoms with Gasteiger partial charge in [0.05, 0.1) is 18.8 Å². The molecule has 0 bridgehead atoms. The first-order chi connectivity index (χ1) is 10.1. The second-order valence-corrected chi connectivity index (χ2v) is 5.20. The normalized spacial score (nSPS) is 18.1. The van der Waals surface area contributed by atoms with Crippen molar-refractivity contribution >= 4 is 6.03 Å². The largest absolute Gasteiger partial charge is 0.391 e. The van der Waals surface area contributed by atoms with Crippen molar-refractivity contribution < 1.29 is 19.0 Å². The number of rotatable bonds is 6. The van der Waals surface area contributed by atoms with Gasteiger partial charge in [-0.25, -0.2) is 9.18 Å². The number of carbonyl (C=O) groups excluding carboxylic acids is 1. The van der Waals surface area contributed by atoms with Crippen molar-refractivity contribution in [3.8, 4) is 0 Å². The van der Waals surface area contributed by atoms with Crippen LogP contribution in [0.25, 0.3) is 0 Å². The molecule has 0 heterocycles. The third-order valence-electron chi connectivity index (χ3n) is 3.64. The molecule has 0 aliphatic heterocycles. The van der Waals surface area contributed by atoms with E-state index in [0.717, 1.165) is 5.56 Å². The highest BCUT2D eigenvalue weighted by molar-refractivity contribution is 5.74. The zero-order valence-corrected chi connectivity index (χ0v) is 12.1. The summed E-state index contributed by atoms with van der Waals surface area (Å²) in [6.07, 6.45) is 1.18. The lowest BCUT2D eigenvalue weighted by atomic mass is 10.1. The Kier molecular flexibility index (Phi) is 5.52. The lowest BCUT2D eigenvalue weighted by Gasteiger charge is -2.16. The lowest BCUT2D eigenvalue weighted by molar-refractivity contribution is 0.0598. The minimum atomic E-state index is -0.586. The van der Waals surface area contributed by atoms with Crippen LogP contribution in [0.4, 0.5) is 9.18 Å². The van der Waals surface area contributed by atoms with Gasteiger partial charge in [-0.15, -0.1) is 0 Å². The quantitative estimate of drug-likeness (QED) is 0.745. The number of amides is 2. The Labute approximate surface area is 123 Å². The first-order valence-electron chi connectivity index (χ1n) is 7.10. The summed E-state index contributed by atoms with van der Waals surface area (Å²) in [5.74, 6) is -0.208. The SMILES string of the molecule is COCC(O)CCNC(=O)NC1CCc2c(F)cccc21. The van der Waals surface area contributed by atoms with E-state index in [-0.39, 0.29) is 24.5 Å². The lowest BCUT2D eigenvalue weighted by Crippen LogP contribution is -2.38. The Balaban J connectivity index is 1.79. The Hall–Kier alpha value is -1.66. The van der Waals surface area contributed by atoms with Gasteiger partial charge in [-0.05, 0) is 36.5 Å². The number of methoxy groups -OCH3 is 1. The molecule has 2 atom stereocenters. The number of fused-ring (bicyclic) bond motifs is 1. The standard InChI is InChI=1S/C15H21FN2O3/c1-21-9-10(19)7-8-17-15(20)18-14-6-5-11-12(14)3-2-4-13(11)16/h2-4,10,14,19H,5-9H2,1H3,(H2,17,18,20). The predicted octanol–water partition coefficient (Wildman–Crippen LogP) is 1.51. The van der Waals surface area contributed by atoms with Crippen LogP contribution in [0.2, 0.25) is 0 Å². The summed E-state index contributed by atoms with van der Waals surface area (Å²) in [4.78, 5) is 11.8. The Bertz CT molecular complexity index is 496. The van der Waals surface area contributed by atoms with Gasteiger partial charge in [0.25, 0.3) is 0 Å². The summed E-state index contributed by atoms with van der Waals surface area (Å²) in [6.45, 7) is 0.609. The molecule has 6 heteroatoms. The van der Waals surface area contributed by atoms with Gasteiger partial charge < -0.3 is 20.5 Å². The smallest absolute Gasteiger partial charge is 0.315 e. The van der Waals surface area contributed by atoms with Crippen LogP contribution >= 0.6 is 0 Å². The molecule has 116 valence electrons. The molecule has 0 radical (unpaired) electrons. The van der Waals surface area contributed by atoms with E-state index in [1.54, 1.807) is 6.07 Å². The molecule has 5 nitrogen and oxygen atoms in total. The predicted molar refractivity (Wildman–Crippen MR) is 76.5 cm³/mol. The van der Waals surface area contributed by atoms with Gasteiger partial charge in [-0.3, -0.25) is 0 Å². The van der Waals surface area contributed by atoms with Crippen molar-refractivity contribution in [3.63, 3.8) is 0 Å². The number of ether oxygens (including phenoxy) is 1. The number of aliphatic hydroxyl groups is 1. The van der Waals surface area contributed by atoms with E-state index < -0.39 is 6.10 Å². The monoisotopic (exact) mass is 296 g/mol. The highest BCUT2D eigenvalue weighted by Crippen LogP contribution is 2.32. The van der Waals surface area contributed by atoms with Crippen LogP contribution in [0, 0.1) is 5.82 Å². The fourth-order valence-corrected chi connectivity index (χ4v) is 2.60. The van der Waals surface area contributed by atoms with E-state index >= 15 is 0 Å². The molecular formula is C15H21FN2O3. The molecular weight excluding hydrogens is 275 g/mol. The molecule has 2 amide bonds. The van der Waals surface area contributed by atoms with Crippen LogP contribution in [0.3, 0.4) is 0 Å². The van der Waals surface area contributed by atoms with Gasteiger partial charge in [0.1, 0.15) is 5.82 Å². The number of urea groups is 1. The Morgan fingerprint density at radius 2 is 2.38 bits per heavy atom. The average Bonchev–Trinajstić information content (AvgIpc) is 2.84. The molecule has 1 aromatic carbocycles. The van der Waals surface area contributed by atoms with Gasteiger partial charge in [0.2, 0.25) is 0 Å². The maximum atomic E-state index is 13.6. The minimum absolute atomic E-state index is 0.153. The van der Waals surface area contributed by atoms with Crippen LogP contribution in [0.1, 0.15) is 30.0 Å². The maximum Gasteiger partial charge on any atom is 0.315 e. The summed E-state index contributed by atoms with van der Waals surface area (Å²) in [7, 11) is 1.51. The molecule has 1 aliphatic rings. The minimum Gasteiger partial charge on any atom is -0.391 e. The summed E-state index contributed by atoms with van der Waals surface area (Å²) in [5.41, 5.74) is 1.54. The second-order valence-electron chi connectivity index (χ2n) is 5.20. The maximum absolute atomic E-state index is 13.6. The molecule has 21 heavy (non-hydrogen) atoms. The van der Waals surface area contributed by atoms with Gasteiger partial charge >= 0.3 is 6.03 Å². The van der Waals surface area contributed by atoms with Gasteiger partial charge in [0.15, 0.2) is 0 Å². The fraction of sp³-hybridized carbons (Fsp3) is 0.533. The number of nitrogens with one attached hydrogen (secondary N) is 2. The molecule has 3 N–H and O–H groups in total. The van der Waals surface area contributed by atoms with E-state index in [9.17, 15) is 14.3 Å². The number of hydrogen-bond donors (Lipinski definition) is 3. The number of aliphatic hydroxyl groups excluding tert-OH is 1. The van der Waals surface area contributed by atoms with E-state index in [2.05, 4.69) is 10.6 Å². The van der Waals surface area contributed by atoms with E-state index in [0.29, 0.717) is 31.4 Å². The zero-order valence-electron chi connectivity index (χ0n) is 12.1. The molecule has 1 aliphatic carbocycles. The van der Waals surface area contributed by atoms with Crippen molar-refractivity contribution in [1.82, 2.24) is 10.6 Å². The van der Waals surface area contributed by atoms with Gasteiger partial charge in [-0.2, -0.15) is 0 Å². The van der Waals surface area contributed by atoms with Crippen molar-refractivity contribution in [3.05, 3.63) is 35.1 Å². The summed E-state index contributed by atoms with van der Waals surface area (Å²) < 4.78 is 18.4. The Morgan fingerprint density at radius 1 is 1.57 bits per heavy atom. The van der Waals surface area contributed by atoms with Crippen molar-refractivity contribution in [2.75, 3.05) is 20.3 Å². The van der Waals surface area contributed by atoms with Crippen LogP contribution in [0.15, 0.2) is 18.2 Å². The molecule has 0 spiro atoms. The number of carbonyl (C=O) groups is 1. The van der Waals surface area contributed by atoms with Crippen LogP contribution in [-0.2, 0) is 11.2 Å². The van der Waals surface area contributed by atoms with Gasteiger partial charge in [-0.1, -0.05) is 12.1 Å². The Morgan fingerprint density at radius 3 is 3.14 bits per heavy atom. The van der Waals surface area contributed by atoms with Crippen molar-refractivity contribution in [2.45, 2.75) is 31.4 Å². The van der Waals surface area contributed by atoms with Crippen molar-refractivity contribution in [1.29, 1.82) is 0 Å². The molecule has 2 unspecified atom stereocenters. The molecule has 0 aromatic heterocycles. The summed E-state index contributed by atoms with van der Waals surface area (Å²) in [5, 5.41) is 15.0. The van der Waals surface area contributed by atoms with Gasteiger partial charge in [0, 0.05) is 13.7 Å². The number of halogens is 1. The second kappa shape index (κ2) is 7.38.